The van der Waals surface area contributed by atoms with Gasteiger partial charge in [0.15, 0.2) is 5.82 Å². The number of nitrogens with zero attached hydrogens (tertiary/aromatic N) is 2. The lowest BCUT2D eigenvalue weighted by molar-refractivity contribution is -0.323. The Balaban J connectivity index is 1.76. The summed E-state index contributed by atoms with van der Waals surface area (Å²) in [5.41, 5.74) is 4.53. The normalized spacial score (nSPS) is 24.8. The molecule has 0 radical (unpaired) electrons. The summed E-state index contributed by atoms with van der Waals surface area (Å²) >= 11 is 0. The lowest BCUT2D eigenvalue weighted by Crippen LogP contribution is -2.50. The van der Waals surface area contributed by atoms with Gasteiger partial charge < -0.3 is 9.90 Å². The minimum absolute atomic E-state index is 0.252. The number of carbonyl (C=O) groups excluding carboxylic acids is 2. The quantitative estimate of drug-likeness (QED) is 0.811. The second-order valence-electron chi connectivity index (χ2n) is 7.29. The van der Waals surface area contributed by atoms with Crippen LogP contribution in [0.1, 0.15) is 33.6 Å². The van der Waals surface area contributed by atoms with Gasteiger partial charge in [-0.1, -0.05) is 32.9 Å². The van der Waals surface area contributed by atoms with E-state index in [1.165, 1.54) is 6.33 Å². The van der Waals surface area contributed by atoms with E-state index in [9.17, 15) is 14.7 Å². The average Bonchev–Trinajstić information content (AvgIpc) is 2.83. The SMILES string of the molecule is CC1(C)[C@H](C(=O)NNc2ncnc3ccccc23)CC[C@]1(C)C(=O)[O-]. The topological polar surface area (TPSA) is 107 Å². The summed E-state index contributed by atoms with van der Waals surface area (Å²) in [6.07, 6.45) is 2.33. The number of anilines is 1. The highest BCUT2D eigenvalue weighted by molar-refractivity contribution is 5.90. The van der Waals surface area contributed by atoms with Crippen molar-refractivity contribution >= 4 is 28.6 Å². The number of aromatic nitrogens is 2. The van der Waals surface area contributed by atoms with Crippen molar-refractivity contribution in [3.05, 3.63) is 30.6 Å². The van der Waals surface area contributed by atoms with Crippen LogP contribution in [0, 0.1) is 16.7 Å². The van der Waals surface area contributed by atoms with Gasteiger partial charge in [-0.3, -0.25) is 15.6 Å². The maximum absolute atomic E-state index is 12.7. The zero-order valence-electron chi connectivity index (χ0n) is 14.5. The summed E-state index contributed by atoms with van der Waals surface area (Å²) in [7, 11) is 0. The van der Waals surface area contributed by atoms with Crippen LogP contribution in [0.2, 0.25) is 0 Å². The third-order valence-electron chi connectivity index (χ3n) is 5.84. The fraction of sp³-hybridized carbons (Fsp3) is 0.444. The number of hydrogen-bond acceptors (Lipinski definition) is 6. The first-order chi connectivity index (χ1) is 11.8. The standard InChI is InChI=1S/C18H22N4O3/c1-17(2)12(8-9-18(17,3)16(24)25)15(23)22-21-14-11-6-4-5-7-13(11)19-10-20-14/h4-7,10,12H,8-9H2,1-3H3,(H,22,23)(H,24,25)(H,19,20,21)/p-1/t12-,18+/m0/s1. The minimum atomic E-state index is -1.11. The summed E-state index contributed by atoms with van der Waals surface area (Å²) in [6, 6.07) is 7.45. The molecule has 2 N–H and O–H groups in total. The molecule has 1 aliphatic carbocycles. The lowest BCUT2D eigenvalue weighted by Gasteiger charge is -2.41. The fourth-order valence-electron chi connectivity index (χ4n) is 3.64. The molecule has 0 aliphatic heterocycles. The number of amides is 1. The first kappa shape index (κ1) is 17.1. The summed E-state index contributed by atoms with van der Waals surface area (Å²) in [5.74, 6) is -1.30. The van der Waals surface area contributed by atoms with Crippen LogP contribution in [-0.4, -0.2) is 21.8 Å². The number of hydrogen-bond donors (Lipinski definition) is 2. The largest absolute Gasteiger partial charge is 0.550 e. The van der Waals surface area contributed by atoms with Crippen molar-refractivity contribution in [1.82, 2.24) is 15.4 Å². The van der Waals surface area contributed by atoms with Gasteiger partial charge in [0, 0.05) is 22.7 Å². The van der Waals surface area contributed by atoms with Gasteiger partial charge in [0.25, 0.3) is 0 Å². The van der Waals surface area contributed by atoms with Gasteiger partial charge in [0.2, 0.25) is 5.91 Å². The molecular weight excluding hydrogens is 320 g/mol. The predicted molar refractivity (Wildman–Crippen MR) is 90.9 cm³/mol. The number of carbonyl (C=O) groups is 2. The molecule has 1 saturated carbocycles. The first-order valence-electron chi connectivity index (χ1n) is 8.24. The number of para-hydroxylation sites is 1. The van der Waals surface area contributed by atoms with Crippen LogP contribution >= 0.6 is 0 Å². The number of fused-ring (bicyclic) bond motifs is 1. The molecule has 0 bridgehead atoms. The van der Waals surface area contributed by atoms with Crippen LogP contribution in [0.25, 0.3) is 10.9 Å². The van der Waals surface area contributed by atoms with Crippen LogP contribution in [-0.2, 0) is 9.59 Å². The molecule has 1 aromatic heterocycles. The van der Waals surface area contributed by atoms with Crippen molar-refractivity contribution in [3.63, 3.8) is 0 Å². The van der Waals surface area contributed by atoms with Crippen LogP contribution in [0.4, 0.5) is 5.82 Å². The Morgan fingerprint density at radius 2 is 1.92 bits per heavy atom. The molecule has 7 nitrogen and oxygen atoms in total. The Bertz CT molecular complexity index is 831. The fourth-order valence-corrected chi connectivity index (χ4v) is 3.64. The molecule has 7 heteroatoms. The third kappa shape index (κ3) is 2.69. The van der Waals surface area contributed by atoms with Gasteiger partial charge in [-0.2, -0.15) is 0 Å². The lowest BCUT2D eigenvalue weighted by atomic mass is 9.65. The van der Waals surface area contributed by atoms with Crippen molar-refractivity contribution in [2.75, 3.05) is 5.43 Å². The minimum Gasteiger partial charge on any atom is -0.550 e. The van der Waals surface area contributed by atoms with E-state index in [1.807, 2.05) is 24.3 Å². The highest BCUT2D eigenvalue weighted by Gasteiger charge is 2.54. The molecule has 1 aromatic carbocycles. The van der Waals surface area contributed by atoms with Gasteiger partial charge in [0.05, 0.1) is 5.52 Å². The summed E-state index contributed by atoms with van der Waals surface area (Å²) < 4.78 is 0. The molecule has 1 aliphatic rings. The van der Waals surface area contributed by atoms with E-state index in [2.05, 4.69) is 20.8 Å². The van der Waals surface area contributed by atoms with Crippen LogP contribution in [0.5, 0.6) is 0 Å². The number of nitrogens with one attached hydrogen (secondary N) is 2. The predicted octanol–water partition coefficient (Wildman–Crippen LogP) is 1.27. The van der Waals surface area contributed by atoms with E-state index < -0.39 is 22.7 Å². The molecular formula is C18H21N4O3-. The molecule has 132 valence electrons. The highest BCUT2D eigenvalue weighted by Crippen LogP contribution is 2.55. The molecule has 0 saturated heterocycles. The Hall–Kier alpha value is -2.70. The molecule has 0 spiro atoms. The van der Waals surface area contributed by atoms with E-state index in [0.717, 1.165) is 10.9 Å². The van der Waals surface area contributed by atoms with Gasteiger partial charge >= 0.3 is 0 Å². The molecule has 25 heavy (non-hydrogen) atoms. The van der Waals surface area contributed by atoms with Gasteiger partial charge in [0.1, 0.15) is 6.33 Å². The van der Waals surface area contributed by atoms with Gasteiger partial charge in [-0.05, 0) is 30.4 Å². The van der Waals surface area contributed by atoms with Crippen molar-refractivity contribution < 1.29 is 14.7 Å². The molecule has 1 heterocycles. The maximum Gasteiger partial charge on any atom is 0.242 e. The van der Waals surface area contributed by atoms with Crippen molar-refractivity contribution in [2.45, 2.75) is 33.6 Å². The van der Waals surface area contributed by atoms with E-state index in [4.69, 9.17) is 0 Å². The van der Waals surface area contributed by atoms with E-state index in [0.29, 0.717) is 18.7 Å². The molecule has 1 fully saturated rings. The first-order valence-corrected chi connectivity index (χ1v) is 8.24. The van der Waals surface area contributed by atoms with Crippen LogP contribution < -0.4 is 16.0 Å². The third-order valence-corrected chi connectivity index (χ3v) is 5.84. The number of carboxylic acid groups (broad SMARTS) is 1. The zero-order valence-corrected chi connectivity index (χ0v) is 14.5. The zero-order chi connectivity index (χ0) is 18.2. The Morgan fingerprint density at radius 3 is 2.60 bits per heavy atom. The van der Waals surface area contributed by atoms with Crippen molar-refractivity contribution in [3.8, 4) is 0 Å². The highest BCUT2D eigenvalue weighted by atomic mass is 16.4. The van der Waals surface area contributed by atoms with Crippen molar-refractivity contribution in [2.24, 2.45) is 16.7 Å². The monoisotopic (exact) mass is 341 g/mol. The smallest absolute Gasteiger partial charge is 0.242 e. The summed E-state index contributed by atoms with van der Waals surface area (Å²) in [5, 5.41) is 12.3. The number of rotatable bonds is 4. The van der Waals surface area contributed by atoms with Crippen molar-refractivity contribution in [1.29, 1.82) is 0 Å². The number of benzene rings is 1. The van der Waals surface area contributed by atoms with E-state index >= 15 is 0 Å². The molecule has 1 amide bonds. The number of hydrazine groups is 1. The summed E-state index contributed by atoms with van der Waals surface area (Å²) in [6.45, 7) is 5.27. The van der Waals surface area contributed by atoms with E-state index in [1.54, 1.807) is 20.8 Å². The van der Waals surface area contributed by atoms with Gasteiger partial charge in [-0.15, -0.1) is 0 Å². The Kier molecular flexibility index (Phi) is 4.10. The molecule has 3 rings (SSSR count). The van der Waals surface area contributed by atoms with Gasteiger partial charge in [-0.25, -0.2) is 9.97 Å². The maximum atomic E-state index is 12.7. The van der Waals surface area contributed by atoms with E-state index in [-0.39, 0.29) is 5.91 Å². The summed E-state index contributed by atoms with van der Waals surface area (Å²) in [4.78, 5) is 32.5. The second kappa shape index (κ2) is 5.98. The van der Waals surface area contributed by atoms with Crippen LogP contribution in [0.3, 0.4) is 0 Å². The molecule has 0 unspecified atom stereocenters. The molecule has 2 atom stereocenters. The number of aliphatic carboxylic acids is 1. The number of carboxylic acids is 1. The Morgan fingerprint density at radius 1 is 1.20 bits per heavy atom. The average molecular weight is 341 g/mol. The van der Waals surface area contributed by atoms with Crippen LogP contribution in [0.15, 0.2) is 30.6 Å². The molecule has 2 aromatic rings. The Labute approximate surface area is 145 Å². The second-order valence-corrected chi connectivity index (χ2v) is 7.29.